The minimum Gasteiger partial charge on any atom is -0.480 e. The van der Waals surface area contributed by atoms with Crippen LogP contribution in [0.25, 0.3) is 0 Å². The fraction of sp³-hybridized carbons (Fsp3) is 0.833. The van der Waals surface area contributed by atoms with Gasteiger partial charge >= 0.3 is 5.97 Å². The van der Waals surface area contributed by atoms with Gasteiger partial charge in [0.25, 0.3) is 0 Å². The van der Waals surface area contributed by atoms with Crippen molar-refractivity contribution < 1.29 is 24.5 Å². The molecule has 0 spiro atoms. The van der Waals surface area contributed by atoms with Crippen molar-refractivity contribution in [2.75, 3.05) is 26.3 Å². The molecule has 0 aromatic heterocycles. The number of nitrogens with two attached hydrogens (primary N) is 1. The first kappa shape index (κ1) is 14.2. The number of hydrogen-bond donors (Lipinski definition) is 3. The van der Waals surface area contributed by atoms with Gasteiger partial charge in [-0.2, -0.15) is 0 Å². The lowest BCUT2D eigenvalue weighted by molar-refractivity contribution is -0.156. The Labute approximate surface area is 111 Å². The molecule has 19 heavy (non-hydrogen) atoms. The molecule has 4 N–H and O–H groups in total. The van der Waals surface area contributed by atoms with E-state index in [-0.39, 0.29) is 25.4 Å². The predicted octanol–water partition coefficient (Wildman–Crippen LogP) is -1.21. The van der Waals surface area contributed by atoms with Crippen LogP contribution in [0.1, 0.15) is 19.3 Å². The summed E-state index contributed by atoms with van der Waals surface area (Å²) in [7, 11) is 0. The lowest BCUT2D eigenvalue weighted by Gasteiger charge is -2.38. The van der Waals surface area contributed by atoms with Crippen molar-refractivity contribution in [1.82, 2.24) is 4.90 Å². The SMILES string of the molecule is NCC1(C(=O)N2CC(O)CC2C(=O)O)CCOCC1. The Hall–Kier alpha value is -1.18. The van der Waals surface area contributed by atoms with Crippen LogP contribution in [0, 0.1) is 5.41 Å². The third-order valence-corrected chi connectivity index (χ3v) is 4.12. The summed E-state index contributed by atoms with van der Waals surface area (Å²) < 4.78 is 5.24. The molecule has 0 aliphatic carbocycles. The summed E-state index contributed by atoms with van der Waals surface area (Å²) in [6.07, 6.45) is 0.306. The third kappa shape index (κ3) is 2.58. The molecule has 1 amide bonds. The number of ether oxygens (including phenoxy) is 1. The summed E-state index contributed by atoms with van der Waals surface area (Å²) >= 11 is 0. The lowest BCUT2D eigenvalue weighted by Crippen LogP contribution is -2.53. The molecule has 7 nitrogen and oxygen atoms in total. The molecule has 2 aliphatic rings. The van der Waals surface area contributed by atoms with E-state index in [0.717, 1.165) is 0 Å². The fourth-order valence-corrected chi connectivity index (χ4v) is 2.84. The van der Waals surface area contributed by atoms with Crippen molar-refractivity contribution in [1.29, 1.82) is 0 Å². The van der Waals surface area contributed by atoms with Crippen LogP contribution in [0.4, 0.5) is 0 Å². The molecule has 0 saturated carbocycles. The van der Waals surface area contributed by atoms with Gasteiger partial charge in [0, 0.05) is 32.7 Å². The predicted molar refractivity (Wildman–Crippen MR) is 65.3 cm³/mol. The van der Waals surface area contributed by atoms with E-state index in [0.29, 0.717) is 26.1 Å². The Morgan fingerprint density at radius 2 is 2.00 bits per heavy atom. The van der Waals surface area contributed by atoms with Gasteiger partial charge in [-0.15, -0.1) is 0 Å². The summed E-state index contributed by atoms with van der Waals surface area (Å²) in [4.78, 5) is 25.1. The maximum atomic E-state index is 12.6. The molecule has 0 radical (unpaired) electrons. The van der Waals surface area contributed by atoms with Crippen LogP contribution in [-0.2, 0) is 14.3 Å². The molecule has 2 heterocycles. The Morgan fingerprint density at radius 1 is 1.37 bits per heavy atom. The van der Waals surface area contributed by atoms with E-state index in [4.69, 9.17) is 15.6 Å². The zero-order chi connectivity index (χ0) is 14.0. The minimum absolute atomic E-state index is 0.0679. The number of carbonyl (C=O) groups excluding carboxylic acids is 1. The average Bonchev–Trinajstić information content (AvgIpc) is 2.81. The summed E-state index contributed by atoms with van der Waals surface area (Å²) in [5.74, 6) is -1.34. The number of carbonyl (C=O) groups is 2. The zero-order valence-corrected chi connectivity index (χ0v) is 10.7. The number of β-amino-alcohol motifs (C(OH)–C–C–N with tert-alkyl or cyclic N) is 1. The fourth-order valence-electron chi connectivity index (χ4n) is 2.84. The van der Waals surface area contributed by atoms with Gasteiger partial charge in [-0.1, -0.05) is 0 Å². The highest BCUT2D eigenvalue weighted by Gasteiger charge is 2.47. The maximum Gasteiger partial charge on any atom is 0.326 e. The maximum absolute atomic E-state index is 12.6. The second kappa shape index (κ2) is 5.44. The molecule has 0 bridgehead atoms. The highest BCUT2D eigenvalue weighted by Crippen LogP contribution is 2.34. The molecule has 2 fully saturated rings. The smallest absolute Gasteiger partial charge is 0.326 e. The van der Waals surface area contributed by atoms with Crippen molar-refractivity contribution in [2.45, 2.75) is 31.4 Å². The van der Waals surface area contributed by atoms with E-state index in [2.05, 4.69) is 0 Å². The topological polar surface area (TPSA) is 113 Å². The van der Waals surface area contributed by atoms with Gasteiger partial charge in [-0.3, -0.25) is 4.79 Å². The Balaban J connectivity index is 2.19. The molecule has 2 unspecified atom stereocenters. The van der Waals surface area contributed by atoms with Crippen molar-refractivity contribution in [3.8, 4) is 0 Å². The number of likely N-dealkylation sites (tertiary alicyclic amines) is 1. The Kier molecular flexibility index (Phi) is 4.07. The molecule has 0 aromatic carbocycles. The average molecular weight is 272 g/mol. The summed E-state index contributed by atoms with van der Waals surface area (Å²) in [6, 6.07) is -0.950. The first-order valence-electron chi connectivity index (χ1n) is 6.50. The van der Waals surface area contributed by atoms with Crippen LogP contribution in [0.15, 0.2) is 0 Å². The Morgan fingerprint density at radius 3 is 2.53 bits per heavy atom. The van der Waals surface area contributed by atoms with Crippen LogP contribution in [-0.4, -0.2) is 65.4 Å². The highest BCUT2D eigenvalue weighted by atomic mass is 16.5. The second-order valence-electron chi connectivity index (χ2n) is 5.30. The number of aliphatic carboxylic acids is 1. The van der Waals surface area contributed by atoms with Gasteiger partial charge in [0.1, 0.15) is 6.04 Å². The summed E-state index contributed by atoms with van der Waals surface area (Å²) in [5.41, 5.74) is 5.01. The molecule has 0 aromatic rings. The number of amides is 1. The van der Waals surface area contributed by atoms with E-state index in [1.54, 1.807) is 0 Å². The lowest BCUT2D eigenvalue weighted by atomic mass is 9.78. The number of carboxylic acid groups (broad SMARTS) is 1. The first-order valence-corrected chi connectivity index (χ1v) is 6.50. The normalized spacial score (nSPS) is 30.3. The van der Waals surface area contributed by atoms with E-state index in [9.17, 15) is 14.7 Å². The number of carboxylic acids is 1. The minimum atomic E-state index is -1.08. The van der Waals surface area contributed by atoms with Crippen LogP contribution >= 0.6 is 0 Å². The monoisotopic (exact) mass is 272 g/mol. The number of nitrogens with zero attached hydrogens (tertiary/aromatic N) is 1. The molecular weight excluding hydrogens is 252 g/mol. The van der Waals surface area contributed by atoms with Gasteiger partial charge in [0.2, 0.25) is 5.91 Å². The molecule has 2 rings (SSSR count). The van der Waals surface area contributed by atoms with E-state index in [1.807, 2.05) is 0 Å². The molecule has 2 saturated heterocycles. The van der Waals surface area contributed by atoms with Crippen molar-refractivity contribution in [2.24, 2.45) is 11.1 Å². The van der Waals surface area contributed by atoms with Gasteiger partial charge in [0.05, 0.1) is 11.5 Å². The first-order chi connectivity index (χ1) is 9.00. The van der Waals surface area contributed by atoms with Crippen molar-refractivity contribution in [3.63, 3.8) is 0 Å². The van der Waals surface area contributed by atoms with Crippen LogP contribution in [0.2, 0.25) is 0 Å². The van der Waals surface area contributed by atoms with Crippen molar-refractivity contribution >= 4 is 11.9 Å². The quantitative estimate of drug-likeness (QED) is 0.594. The summed E-state index contributed by atoms with van der Waals surface area (Å²) in [6.45, 7) is 1.15. The number of aliphatic hydroxyl groups excluding tert-OH is 1. The van der Waals surface area contributed by atoms with Crippen molar-refractivity contribution in [3.05, 3.63) is 0 Å². The van der Waals surface area contributed by atoms with E-state index < -0.39 is 23.5 Å². The molecule has 2 atom stereocenters. The molecule has 2 aliphatic heterocycles. The van der Waals surface area contributed by atoms with Gasteiger partial charge in [-0.05, 0) is 12.8 Å². The highest BCUT2D eigenvalue weighted by molar-refractivity contribution is 5.88. The van der Waals surface area contributed by atoms with Crippen LogP contribution in [0.3, 0.4) is 0 Å². The number of hydrogen-bond acceptors (Lipinski definition) is 5. The molecule has 7 heteroatoms. The van der Waals surface area contributed by atoms with E-state index >= 15 is 0 Å². The zero-order valence-electron chi connectivity index (χ0n) is 10.7. The van der Waals surface area contributed by atoms with Gasteiger partial charge < -0.3 is 25.6 Å². The second-order valence-corrected chi connectivity index (χ2v) is 5.30. The third-order valence-electron chi connectivity index (χ3n) is 4.12. The van der Waals surface area contributed by atoms with Gasteiger partial charge in [-0.25, -0.2) is 4.79 Å². The standard InChI is InChI=1S/C12H20N2O5/c13-7-12(1-3-19-4-2-12)11(18)14-6-8(15)5-9(14)10(16)17/h8-9,15H,1-7,13H2,(H,16,17). The largest absolute Gasteiger partial charge is 0.480 e. The molecule has 108 valence electrons. The van der Waals surface area contributed by atoms with Crippen LogP contribution < -0.4 is 5.73 Å². The van der Waals surface area contributed by atoms with Gasteiger partial charge in [0.15, 0.2) is 0 Å². The van der Waals surface area contributed by atoms with Crippen LogP contribution in [0.5, 0.6) is 0 Å². The molecular formula is C12H20N2O5. The number of aliphatic hydroxyl groups is 1. The Bertz CT molecular complexity index is 367. The van der Waals surface area contributed by atoms with E-state index in [1.165, 1.54) is 4.90 Å². The number of rotatable bonds is 3. The summed E-state index contributed by atoms with van der Waals surface area (Å²) in [5, 5.41) is 18.8.